The van der Waals surface area contributed by atoms with Gasteiger partial charge in [0.1, 0.15) is 0 Å². The molecule has 1 aliphatic rings. The summed E-state index contributed by atoms with van der Waals surface area (Å²) >= 11 is 1.88. The van der Waals surface area contributed by atoms with Gasteiger partial charge in [0.25, 0.3) is 0 Å². The molecule has 0 saturated heterocycles. The lowest BCUT2D eigenvalue weighted by molar-refractivity contribution is 0.286. The highest BCUT2D eigenvalue weighted by Crippen LogP contribution is 2.41. The van der Waals surface area contributed by atoms with E-state index in [1.54, 1.807) is 0 Å². The smallest absolute Gasteiger partial charge is 0.0959 e. The van der Waals surface area contributed by atoms with Crippen LogP contribution in [-0.4, -0.2) is 11.0 Å². The summed E-state index contributed by atoms with van der Waals surface area (Å²) in [5, 5.41) is 4.93. The highest BCUT2D eigenvalue weighted by atomic mass is 32.1. The molecular formula is C13H22N2S. The third kappa shape index (κ3) is 3.05. The van der Waals surface area contributed by atoms with Gasteiger partial charge in [-0.3, -0.25) is 0 Å². The third-order valence-electron chi connectivity index (χ3n) is 3.38. The van der Waals surface area contributed by atoms with E-state index < -0.39 is 0 Å². The Balaban J connectivity index is 1.84. The summed E-state index contributed by atoms with van der Waals surface area (Å²) < 4.78 is 0. The quantitative estimate of drug-likeness (QED) is 0.868. The molecule has 90 valence electrons. The van der Waals surface area contributed by atoms with Crippen molar-refractivity contribution in [2.75, 3.05) is 0 Å². The first-order valence-corrected chi connectivity index (χ1v) is 6.96. The summed E-state index contributed by atoms with van der Waals surface area (Å²) in [6.45, 7) is 10.0. The fourth-order valence-electron chi connectivity index (χ4n) is 1.48. The standard InChI is InChI=1S/C13H22N2S/c1-9(13(2,3)4)14-7-11-8-15-12(16-11)10-5-6-10/h8-10,14H,5-7H2,1-4H3. The van der Waals surface area contributed by atoms with E-state index in [-0.39, 0.29) is 0 Å². The van der Waals surface area contributed by atoms with E-state index in [1.807, 2.05) is 17.5 Å². The first-order valence-electron chi connectivity index (χ1n) is 6.15. The molecule has 0 aliphatic heterocycles. The van der Waals surface area contributed by atoms with Gasteiger partial charge < -0.3 is 5.32 Å². The fraction of sp³-hybridized carbons (Fsp3) is 0.769. The van der Waals surface area contributed by atoms with E-state index in [1.165, 1.54) is 22.7 Å². The van der Waals surface area contributed by atoms with Crippen LogP contribution in [0.2, 0.25) is 0 Å². The first-order chi connectivity index (χ1) is 7.47. The summed E-state index contributed by atoms with van der Waals surface area (Å²) in [6, 6.07) is 0.527. The maximum Gasteiger partial charge on any atom is 0.0959 e. The molecule has 1 unspecified atom stereocenters. The molecule has 3 heteroatoms. The number of rotatable bonds is 4. The van der Waals surface area contributed by atoms with Crippen LogP contribution in [0.25, 0.3) is 0 Å². The van der Waals surface area contributed by atoms with E-state index in [4.69, 9.17) is 0 Å². The predicted molar refractivity (Wildman–Crippen MR) is 69.8 cm³/mol. The normalized spacial score (nSPS) is 18.8. The monoisotopic (exact) mass is 238 g/mol. The molecule has 1 aromatic rings. The zero-order chi connectivity index (χ0) is 11.8. The summed E-state index contributed by atoms with van der Waals surface area (Å²) in [5.41, 5.74) is 0.323. The van der Waals surface area contributed by atoms with Crippen molar-refractivity contribution in [1.29, 1.82) is 0 Å². The Morgan fingerprint density at radius 3 is 2.75 bits per heavy atom. The van der Waals surface area contributed by atoms with Crippen molar-refractivity contribution in [1.82, 2.24) is 10.3 Å². The van der Waals surface area contributed by atoms with Gasteiger partial charge in [0.15, 0.2) is 0 Å². The highest BCUT2D eigenvalue weighted by molar-refractivity contribution is 7.11. The lowest BCUT2D eigenvalue weighted by atomic mass is 9.88. The van der Waals surface area contributed by atoms with Gasteiger partial charge in [-0.05, 0) is 25.2 Å². The minimum absolute atomic E-state index is 0.323. The molecule has 1 heterocycles. The van der Waals surface area contributed by atoms with Crippen LogP contribution in [0.1, 0.15) is 56.3 Å². The second-order valence-corrected chi connectivity index (χ2v) is 7.05. The molecule has 0 aromatic carbocycles. The molecule has 16 heavy (non-hydrogen) atoms. The van der Waals surface area contributed by atoms with Crippen LogP contribution in [0.5, 0.6) is 0 Å². The molecule has 1 saturated carbocycles. The Labute approximate surface area is 102 Å². The van der Waals surface area contributed by atoms with Gasteiger partial charge in [-0.25, -0.2) is 4.98 Å². The topological polar surface area (TPSA) is 24.9 Å². The van der Waals surface area contributed by atoms with Gasteiger partial charge in [0.05, 0.1) is 5.01 Å². The van der Waals surface area contributed by atoms with Crippen LogP contribution in [0, 0.1) is 5.41 Å². The molecule has 1 N–H and O–H groups in total. The molecule has 0 spiro atoms. The molecule has 0 radical (unpaired) electrons. The summed E-state index contributed by atoms with van der Waals surface area (Å²) in [7, 11) is 0. The largest absolute Gasteiger partial charge is 0.309 e. The first kappa shape index (κ1) is 12.1. The van der Waals surface area contributed by atoms with E-state index >= 15 is 0 Å². The van der Waals surface area contributed by atoms with Crippen molar-refractivity contribution in [2.24, 2.45) is 5.41 Å². The van der Waals surface area contributed by atoms with Crippen LogP contribution in [0.4, 0.5) is 0 Å². The van der Waals surface area contributed by atoms with Crippen LogP contribution in [-0.2, 0) is 6.54 Å². The second kappa shape index (κ2) is 4.46. The van der Waals surface area contributed by atoms with Gasteiger partial charge in [0, 0.05) is 29.6 Å². The number of nitrogens with one attached hydrogen (secondary N) is 1. The SMILES string of the molecule is CC(NCc1cnc(C2CC2)s1)C(C)(C)C. The predicted octanol–water partition coefficient (Wildman–Crippen LogP) is 3.54. The Morgan fingerprint density at radius 1 is 1.50 bits per heavy atom. The number of aromatic nitrogens is 1. The Kier molecular flexibility index (Phi) is 3.36. The zero-order valence-electron chi connectivity index (χ0n) is 10.7. The van der Waals surface area contributed by atoms with E-state index in [0.29, 0.717) is 11.5 Å². The van der Waals surface area contributed by atoms with Crippen LogP contribution in [0.3, 0.4) is 0 Å². The Morgan fingerprint density at radius 2 is 2.19 bits per heavy atom. The van der Waals surface area contributed by atoms with E-state index in [0.717, 1.165) is 12.5 Å². The number of thiazole rings is 1. The van der Waals surface area contributed by atoms with Crippen LogP contribution in [0.15, 0.2) is 6.20 Å². The van der Waals surface area contributed by atoms with Crippen molar-refractivity contribution in [2.45, 2.75) is 59.0 Å². The number of nitrogens with zero attached hydrogens (tertiary/aromatic N) is 1. The highest BCUT2D eigenvalue weighted by Gasteiger charge is 2.26. The average Bonchev–Trinajstić information content (AvgIpc) is 2.94. The molecule has 2 nitrogen and oxygen atoms in total. The molecule has 2 rings (SSSR count). The maximum atomic E-state index is 4.50. The van der Waals surface area contributed by atoms with Crippen molar-refractivity contribution in [3.05, 3.63) is 16.1 Å². The van der Waals surface area contributed by atoms with Gasteiger partial charge in [-0.15, -0.1) is 11.3 Å². The van der Waals surface area contributed by atoms with E-state index in [2.05, 4.69) is 38.0 Å². The molecule has 1 atom stereocenters. The van der Waals surface area contributed by atoms with Gasteiger partial charge in [0.2, 0.25) is 0 Å². The minimum Gasteiger partial charge on any atom is -0.309 e. The van der Waals surface area contributed by atoms with Crippen molar-refractivity contribution < 1.29 is 0 Å². The van der Waals surface area contributed by atoms with Crippen molar-refractivity contribution in [3.63, 3.8) is 0 Å². The maximum absolute atomic E-state index is 4.50. The Hall–Kier alpha value is -0.410. The molecule has 1 aromatic heterocycles. The van der Waals surface area contributed by atoms with Crippen LogP contribution >= 0.6 is 11.3 Å². The lowest BCUT2D eigenvalue weighted by Gasteiger charge is -2.27. The minimum atomic E-state index is 0.323. The van der Waals surface area contributed by atoms with Crippen molar-refractivity contribution in [3.8, 4) is 0 Å². The van der Waals surface area contributed by atoms with E-state index in [9.17, 15) is 0 Å². The number of hydrogen-bond donors (Lipinski definition) is 1. The summed E-state index contributed by atoms with van der Waals surface area (Å²) in [6.07, 6.45) is 4.73. The zero-order valence-corrected chi connectivity index (χ0v) is 11.5. The lowest BCUT2D eigenvalue weighted by Crippen LogP contribution is -2.36. The summed E-state index contributed by atoms with van der Waals surface area (Å²) in [4.78, 5) is 5.87. The van der Waals surface area contributed by atoms with Gasteiger partial charge in [-0.1, -0.05) is 20.8 Å². The fourth-order valence-corrected chi connectivity index (χ4v) is 2.52. The van der Waals surface area contributed by atoms with Gasteiger partial charge in [-0.2, -0.15) is 0 Å². The molecular weight excluding hydrogens is 216 g/mol. The Bertz CT molecular complexity index is 347. The van der Waals surface area contributed by atoms with Crippen LogP contribution < -0.4 is 5.32 Å². The number of hydrogen-bond acceptors (Lipinski definition) is 3. The van der Waals surface area contributed by atoms with Crippen molar-refractivity contribution >= 4 is 11.3 Å². The second-order valence-electron chi connectivity index (χ2n) is 5.91. The van der Waals surface area contributed by atoms with Gasteiger partial charge >= 0.3 is 0 Å². The molecule has 0 bridgehead atoms. The molecule has 1 aliphatic carbocycles. The molecule has 0 amide bonds. The molecule has 1 fully saturated rings. The summed E-state index contributed by atoms with van der Waals surface area (Å²) in [5.74, 6) is 0.791. The third-order valence-corrected chi connectivity index (χ3v) is 4.54. The average molecular weight is 238 g/mol.